The van der Waals surface area contributed by atoms with Gasteiger partial charge in [-0.15, -0.1) is 0 Å². The summed E-state index contributed by atoms with van der Waals surface area (Å²) < 4.78 is 0. The average Bonchev–Trinajstić information content (AvgIpc) is 2.86. The summed E-state index contributed by atoms with van der Waals surface area (Å²) in [6.45, 7) is 3.45. The maximum Gasteiger partial charge on any atom is 0.320 e. The Morgan fingerprint density at radius 2 is 1.71 bits per heavy atom. The van der Waals surface area contributed by atoms with Crippen LogP contribution in [-0.4, -0.2) is 35.6 Å². The van der Waals surface area contributed by atoms with Gasteiger partial charge in [0.2, 0.25) is 5.91 Å². The molecule has 4 N–H and O–H groups in total. The molecule has 0 aromatic heterocycles. The Kier molecular flexibility index (Phi) is 4.76. The molecule has 2 saturated heterocycles. The molecule has 2 atom stereocenters. The molecule has 2 unspecified atom stereocenters. The van der Waals surface area contributed by atoms with Gasteiger partial charge in [-0.25, -0.2) is 4.79 Å². The molecule has 2 fully saturated rings. The lowest BCUT2D eigenvalue weighted by Gasteiger charge is -2.33. The third-order valence-corrected chi connectivity index (χ3v) is 4.83. The van der Waals surface area contributed by atoms with Crippen molar-refractivity contribution in [1.29, 1.82) is 0 Å². The maximum absolute atomic E-state index is 12.6. The third kappa shape index (κ3) is 4.06. The lowest BCUT2D eigenvalue weighted by molar-refractivity contribution is -0.127. The number of piperidine rings is 1. The highest BCUT2D eigenvalue weighted by molar-refractivity contribution is 5.95. The van der Waals surface area contributed by atoms with E-state index in [0.29, 0.717) is 17.8 Å². The molecule has 0 aliphatic carbocycles. The van der Waals surface area contributed by atoms with Crippen LogP contribution >= 0.6 is 0 Å². The quantitative estimate of drug-likeness (QED) is 0.681. The van der Waals surface area contributed by atoms with Crippen LogP contribution < -0.4 is 21.3 Å². The summed E-state index contributed by atoms with van der Waals surface area (Å²) in [4.78, 5) is 24.7. The standard InChI is InChI=1S/C18H26N4O2/c1-18(2,22-17(24)21-12-6-4-3-5-7-12)16(23)20-15-10-13-8-9-14(11-15)19-13/h3-7,13-15,19H,8-11H2,1-2H3,(H,20,23)(H2,21,22,24). The van der Waals surface area contributed by atoms with Crippen molar-refractivity contribution < 1.29 is 9.59 Å². The number of carbonyl (C=O) groups excluding carboxylic acids is 2. The van der Waals surface area contributed by atoms with E-state index in [-0.39, 0.29) is 18.0 Å². The number of para-hydroxylation sites is 1. The molecule has 2 heterocycles. The molecule has 24 heavy (non-hydrogen) atoms. The van der Waals surface area contributed by atoms with Gasteiger partial charge >= 0.3 is 6.03 Å². The zero-order valence-electron chi connectivity index (χ0n) is 14.3. The summed E-state index contributed by atoms with van der Waals surface area (Å²) in [5, 5.41) is 12.2. The lowest BCUT2D eigenvalue weighted by Crippen LogP contribution is -2.59. The fraction of sp³-hybridized carbons (Fsp3) is 0.556. The summed E-state index contributed by atoms with van der Waals surface area (Å²) in [5.74, 6) is -0.142. The fourth-order valence-corrected chi connectivity index (χ4v) is 3.57. The second-order valence-electron chi connectivity index (χ2n) is 7.35. The van der Waals surface area contributed by atoms with Gasteiger partial charge in [-0.05, 0) is 51.7 Å². The van der Waals surface area contributed by atoms with E-state index in [9.17, 15) is 9.59 Å². The molecule has 6 nitrogen and oxygen atoms in total. The summed E-state index contributed by atoms with van der Waals surface area (Å²) >= 11 is 0. The molecule has 6 heteroatoms. The summed E-state index contributed by atoms with van der Waals surface area (Å²) in [6, 6.07) is 10.0. The molecule has 1 aromatic rings. The molecular weight excluding hydrogens is 304 g/mol. The number of carbonyl (C=O) groups is 2. The SMILES string of the molecule is CC(C)(NC(=O)Nc1ccccc1)C(=O)NC1CC2CCC(C1)N2. The minimum absolute atomic E-state index is 0.142. The number of urea groups is 1. The third-order valence-electron chi connectivity index (χ3n) is 4.83. The molecule has 0 saturated carbocycles. The van der Waals surface area contributed by atoms with Crippen molar-refractivity contribution >= 4 is 17.6 Å². The minimum atomic E-state index is -0.969. The Balaban J connectivity index is 1.52. The van der Waals surface area contributed by atoms with Crippen molar-refractivity contribution in [2.45, 2.75) is 63.2 Å². The summed E-state index contributed by atoms with van der Waals surface area (Å²) in [5.41, 5.74) is -0.274. The monoisotopic (exact) mass is 330 g/mol. The molecule has 130 valence electrons. The topological polar surface area (TPSA) is 82.3 Å². The molecule has 2 bridgehead atoms. The van der Waals surface area contributed by atoms with E-state index in [4.69, 9.17) is 0 Å². The Bertz CT molecular complexity index is 590. The van der Waals surface area contributed by atoms with Crippen LogP contribution in [0.2, 0.25) is 0 Å². The zero-order chi connectivity index (χ0) is 17.2. The Labute approximate surface area is 142 Å². The molecule has 0 radical (unpaired) electrons. The first-order chi connectivity index (χ1) is 11.4. The highest BCUT2D eigenvalue weighted by Gasteiger charge is 2.37. The number of rotatable bonds is 4. The normalized spacial score (nSPS) is 25.8. The van der Waals surface area contributed by atoms with Crippen LogP contribution in [0.25, 0.3) is 0 Å². The highest BCUT2D eigenvalue weighted by Crippen LogP contribution is 2.27. The number of hydrogen-bond acceptors (Lipinski definition) is 3. The van der Waals surface area contributed by atoms with E-state index in [0.717, 1.165) is 12.8 Å². The van der Waals surface area contributed by atoms with Crippen molar-refractivity contribution in [1.82, 2.24) is 16.0 Å². The first-order valence-corrected chi connectivity index (χ1v) is 8.63. The lowest BCUT2D eigenvalue weighted by atomic mass is 9.97. The van der Waals surface area contributed by atoms with Crippen molar-refractivity contribution in [3.05, 3.63) is 30.3 Å². The van der Waals surface area contributed by atoms with E-state index in [1.807, 2.05) is 18.2 Å². The molecule has 0 spiro atoms. The van der Waals surface area contributed by atoms with Crippen LogP contribution in [0.3, 0.4) is 0 Å². The van der Waals surface area contributed by atoms with E-state index in [2.05, 4.69) is 21.3 Å². The van der Waals surface area contributed by atoms with Gasteiger partial charge in [0.05, 0.1) is 0 Å². The van der Waals surface area contributed by atoms with Gasteiger partial charge < -0.3 is 21.3 Å². The minimum Gasteiger partial charge on any atom is -0.351 e. The van der Waals surface area contributed by atoms with Crippen LogP contribution in [0.1, 0.15) is 39.5 Å². The van der Waals surface area contributed by atoms with Crippen molar-refractivity contribution in [2.24, 2.45) is 0 Å². The van der Waals surface area contributed by atoms with E-state index >= 15 is 0 Å². The first-order valence-electron chi connectivity index (χ1n) is 8.63. The van der Waals surface area contributed by atoms with Crippen molar-refractivity contribution in [3.8, 4) is 0 Å². The summed E-state index contributed by atoms with van der Waals surface area (Å²) in [7, 11) is 0. The first kappa shape index (κ1) is 16.8. The number of amides is 3. The highest BCUT2D eigenvalue weighted by atomic mass is 16.2. The van der Waals surface area contributed by atoms with Gasteiger partial charge in [0.1, 0.15) is 5.54 Å². The van der Waals surface area contributed by atoms with E-state index in [1.165, 1.54) is 12.8 Å². The average molecular weight is 330 g/mol. The zero-order valence-corrected chi connectivity index (χ0v) is 14.3. The maximum atomic E-state index is 12.6. The molecular formula is C18H26N4O2. The van der Waals surface area contributed by atoms with Gasteiger partial charge in [-0.1, -0.05) is 18.2 Å². The number of anilines is 1. The van der Waals surface area contributed by atoms with Crippen molar-refractivity contribution in [3.63, 3.8) is 0 Å². The van der Waals surface area contributed by atoms with Gasteiger partial charge in [-0.3, -0.25) is 4.79 Å². The molecule has 2 aliphatic heterocycles. The second-order valence-corrected chi connectivity index (χ2v) is 7.35. The largest absolute Gasteiger partial charge is 0.351 e. The Morgan fingerprint density at radius 1 is 1.08 bits per heavy atom. The molecule has 3 rings (SSSR count). The van der Waals surface area contributed by atoms with Crippen LogP contribution in [0.4, 0.5) is 10.5 Å². The smallest absolute Gasteiger partial charge is 0.320 e. The predicted octanol–water partition coefficient (Wildman–Crippen LogP) is 1.99. The van der Waals surface area contributed by atoms with Crippen molar-refractivity contribution in [2.75, 3.05) is 5.32 Å². The molecule has 3 amide bonds. The van der Waals surface area contributed by atoms with Crippen LogP contribution in [0, 0.1) is 0 Å². The van der Waals surface area contributed by atoms with Gasteiger partial charge in [0.15, 0.2) is 0 Å². The van der Waals surface area contributed by atoms with Gasteiger partial charge in [-0.2, -0.15) is 0 Å². The molecule has 1 aromatic carbocycles. The number of nitrogens with one attached hydrogen (secondary N) is 4. The predicted molar refractivity (Wildman–Crippen MR) is 93.8 cm³/mol. The van der Waals surface area contributed by atoms with Crippen LogP contribution in [0.15, 0.2) is 30.3 Å². The fourth-order valence-electron chi connectivity index (χ4n) is 3.57. The van der Waals surface area contributed by atoms with Gasteiger partial charge in [0, 0.05) is 23.8 Å². The number of fused-ring (bicyclic) bond motifs is 2. The second kappa shape index (κ2) is 6.81. The molecule has 2 aliphatic rings. The van der Waals surface area contributed by atoms with E-state index < -0.39 is 5.54 Å². The summed E-state index contributed by atoms with van der Waals surface area (Å²) in [6.07, 6.45) is 4.32. The van der Waals surface area contributed by atoms with E-state index in [1.54, 1.807) is 26.0 Å². The number of benzene rings is 1. The van der Waals surface area contributed by atoms with Gasteiger partial charge in [0.25, 0.3) is 0 Å². The number of hydrogen-bond donors (Lipinski definition) is 4. The Hall–Kier alpha value is -2.08. The van der Waals surface area contributed by atoms with Crippen LogP contribution in [0.5, 0.6) is 0 Å². The van der Waals surface area contributed by atoms with Crippen LogP contribution in [-0.2, 0) is 4.79 Å². The Morgan fingerprint density at radius 3 is 2.33 bits per heavy atom.